The molecule has 0 saturated carbocycles. The van der Waals surface area contributed by atoms with Gasteiger partial charge in [-0.3, -0.25) is 37.3 Å². The Morgan fingerprint density at radius 1 is 0.296 bits per heavy atom. The van der Waals surface area contributed by atoms with Crippen LogP contribution in [0.15, 0.2) is 109 Å². The number of hydrogen-bond acceptors (Lipinski definition) is 15. The number of rotatable bonds is 71. The Bertz CT molecular complexity index is 2290. The summed E-state index contributed by atoms with van der Waals surface area (Å²) in [6, 6.07) is 0. The van der Waals surface area contributed by atoms with Crippen LogP contribution in [0.1, 0.15) is 310 Å². The molecule has 564 valence electrons. The lowest BCUT2D eigenvalue weighted by atomic mass is 10.1. The van der Waals surface area contributed by atoms with Crippen LogP contribution in [0.4, 0.5) is 0 Å². The Labute approximate surface area is 594 Å². The van der Waals surface area contributed by atoms with Crippen molar-refractivity contribution < 1.29 is 80.2 Å². The molecule has 0 radical (unpaired) electrons. The number of hydrogen-bond donors (Lipinski definition) is 3. The number of phosphoric ester groups is 2. The van der Waals surface area contributed by atoms with Gasteiger partial charge in [0.25, 0.3) is 0 Å². The second kappa shape index (κ2) is 71.1. The van der Waals surface area contributed by atoms with E-state index in [1.807, 2.05) is 0 Å². The zero-order valence-corrected chi connectivity index (χ0v) is 63.2. The fraction of sp³-hybridized carbons (Fsp3) is 0.722. The van der Waals surface area contributed by atoms with Gasteiger partial charge in [-0.2, -0.15) is 0 Å². The van der Waals surface area contributed by atoms with Crippen molar-refractivity contribution in [2.45, 2.75) is 329 Å². The molecule has 17 nitrogen and oxygen atoms in total. The van der Waals surface area contributed by atoms with Crippen LogP contribution < -0.4 is 0 Å². The van der Waals surface area contributed by atoms with E-state index in [2.05, 4.69) is 137 Å². The average Bonchev–Trinajstić information content (AvgIpc) is 1.06. The zero-order valence-electron chi connectivity index (χ0n) is 61.4. The molecular formula is C79H136O17P2. The maximum absolute atomic E-state index is 13.1. The van der Waals surface area contributed by atoms with Crippen LogP contribution in [0.3, 0.4) is 0 Å². The summed E-state index contributed by atoms with van der Waals surface area (Å²) in [5, 5.41) is 10.6. The Morgan fingerprint density at radius 2 is 0.541 bits per heavy atom. The van der Waals surface area contributed by atoms with Crippen molar-refractivity contribution in [3.8, 4) is 0 Å². The third kappa shape index (κ3) is 70.2. The van der Waals surface area contributed by atoms with E-state index < -0.39 is 97.5 Å². The molecule has 0 saturated heterocycles. The third-order valence-corrected chi connectivity index (χ3v) is 17.6. The molecule has 0 aliphatic heterocycles. The second-order valence-electron chi connectivity index (χ2n) is 25.2. The van der Waals surface area contributed by atoms with Gasteiger partial charge in [-0.25, -0.2) is 9.13 Å². The summed E-state index contributed by atoms with van der Waals surface area (Å²) in [6.45, 7) is 4.60. The van der Waals surface area contributed by atoms with Gasteiger partial charge in [0.15, 0.2) is 12.2 Å². The SMILES string of the molecule is CC/C=C\C/C=C\C/C=C\C/C=C\CCCCC(=O)OC(COC(=O)CCCCCCCC/C=C\C/C=C\C/C=C\CCCCC)COP(=O)(O)OCC(O)COP(=O)(O)OCC(COC(=O)CCCCCCC/C=C\CCCCCC)OC(=O)CCCCCCC/C=C\CCCC. The van der Waals surface area contributed by atoms with Gasteiger partial charge in [-0.1, -0.05) is 246 Å². The van der Waals surface area contributed by atoms with Crippen LogP contribution in [0.5, 0.6) is 0 Å². The first-order valence-electron chi connectivity index (χ1n) is 38.1. The summed E-state index contributed by atoms with van der Waals surface area (Å²) in [6.07, 6.45) is 75.2. The average molecular weight is 1420 g/mol. The highest BCUT2D eigenvalue weighted by Gasteiger charge is 2.30. The lowest BCUT2D eigenvalue weighted by Gasteiger charge is -2.21. The van der Waals surface area contributed by atoms with Crippen molar-refractivity contribution in [3.63, 3.8) is 0 Å². The molecule has 0 bridgehead atoms. The summed E-state index contributed by atoms with van der Waals surface area (Å²) in [5.74, 6) is -2.25. The van der Waals surface area contributed by atoms with Gasteiger partial charge in [0.1, 0.15) is 19.3 Å². The summed E-state index contributed by atoms with van der Waals surface area (Å²) >= 11 is 0. The molecule has 0 heterocycles. The van der Waals surface area contributed by atoms with E-state index in [0.717, 1.165) is 167 Å². The Morgan fingerprint density at radius 3 is 0.898 bits per heavy atom. The molecule has 3 N–H and O–H groups in total. The van der Waals surface area contributed by atoms with Gasteiger partial charge in [-0.15, -0.1) is 0 Å². The maximum atomic E-state index is 13.1. The molecule has 0 aliphatic rings. The summed E-state index contributed by atoms with van der Waals surface area (Å²) in [7, 11) is -9.97. The van der Waals surface area contributed by atoms with Crippen LogP contribution in [0, 0.1) is 0 Å². The largest absolute Gasteiger partial charge is 0.472 e. The number of ether oxygens (including phenoxy) is 4. The fourth-order valence-corrected chi connectivity index (χ4v) is 11.4. The highest BCUT2D eigenvalue weighted by Crippen LogP contribution is 2.45. The first-order valence-corrected chi connectivity index (χ1v) is 41.1. The molecule has 19 heteroatoms. The normalized spacial score (nSPS) is 14.6. The quantitative estimate of drug-likeness (QED) is 0.0169. The third-order valence-electron chi connectivity index (χ3n) is 15.7. The Hall–Kier alpha value is -4.28. The number of unbranched alkanes of at least 4 members (excludes halogenated alkanes) is 27. The van der Waals surface area contributed by atoms with Gasteiger partial charge in [0.2, 0.25) is 0 Å². The summed E-state index contributed by atoms with van der Waals surface area (Å²) in [5.41, 5.74) is 0. The van der Waals surface area contributed by atoms with E-state index in [9.17, 15) is 43.2 Å². The van der Waals surface area contributed by atoms with E-state index in [1.54, 1.807) is 0 Å². The molecule has 5 unspecified atom stereocenters. The first kappa shape index (κ1) is 93.7. The van der Waals surface area contributed by atoms with Crippen LogP contribution >= 0.6 is 15.6 Å². The lowest BCUT2D eigenvalue weighted by Crippen LogP contribution is -2.30. The molecule has 0 aromatic heterocycles. The number of esters is 4. The van der Waals surface area contributed by atoms with Crippen LogP contribution in [-0.2, 0) is 65.4 Å². The van der Waals surface area contributed by atoms with Gasteiger partial charge >= 0.3 is 39.5 Å². The van der Waals surface area contributed by atoms with Gasteiger partial charge in [0.05, 0.1) is 26.4 Å². The van der Waals surface area contributed by atoms with Crippen LogP contribution in [0.25, 0.3) is 0 Å². The molecule has 98 heavy (non-hydrogen) atoms. The molecular weight excluding hydrogens is 1280 g/mol. The number of allylic oxidation sites excluding steroid dienone is 18. The predicted molar refractivity (Wildman–Crippen MR) is 399 cm³/mol. The number of aliphatic hydroxyl groups excluding tert-OH is 1. The van der Waals surface area contributed by atoms with E-state index >= 15 is 0 Å². The second-order valence-corrected chi connectivity index (χ2v) is 28.1. The molecule has 0 aromatic carbocycles. The molecule has 5 atom stereocenters. The molecule has 0 aromatic rings. The van der Waals surface area contributed by atoms with Gasteiger partial charge in [0, 0.05) is 25.7 Å². The highest BCUT2D eigenvalue weighted by atomic mass is 31.2. The topological polar surface area (TPSA) is 237 Å². The zero-order chi connectivity index (χ0) is 71.8. The van der Waals surface area contributed by atoms with Gasteiger partial charge < -0.3 is 33.8 Å². The van der Waals surface area contributed by atoms with E-state index in [1.165, 1.54) is 57.8 Å². The van der Waals surface area contributed by atoms with Crippen molar-refractivity contribution in [1.29, 1.82) is 0 Å². The van der Waals surface area contributed by atoms with E-state index in [4.69, 9.17) is 37.0 Å². The van der Waals surface area contributed by atoms with Crippen LogP contribution in [-0.4, -0.2) is 96.7 Å². The minimum atomic E-state index is -4.99. The summed E-state index contributed by atoms with van der Waals surface area (Å²) in [4.78, 5) is 72.8. The first-order chi connectivity index (χ1) is 47.7. The van der Waals surface area contributed by atoms with E-state index in [0.29, 0.717) is 32.1 Å². The van der Waals surface area contributed by atoms with Crippen molar-refractivity contribution >= 4 is 39.5 Å². The van der Waals surface area contributed by atoms with Crippen molar-refractivity contribution in [1.82, 2.24) is 0 Å². The van der Waals surface area contributed by atoms with Crippen molar-refractivity contribution in [2.75, 3.05) is 39.6 Å². The minimum Gasteiger partial charge on any atom is -0.462 e. The molecule has 0 fully saturated rings. The Kier molecular flexibility index (Phi) is 68.0. The van der Waals surface area contributed by atoms with Crippen LogP contribution in [0.2, 0.25) is 0 Å². The lowest BCUT2D eigenvalue weighted by molar-refractivity contribution is -0.161. The number of carbonyl (C=O) groups excluding carboxylic acids is 4. The highest BCUT2D eigenvalue weighted by molar-refractivity contribution is 7.47. The fourth-order valence-electron chi connectivity index (χ4n) is 9.84. The van der Waals surface area contributed by atoms with Gasteiger partial charge in [-0.05, 0) is 148 Å². The standard InChI is InChI=1S/C79H136O17P2/c1-5-9-13-17-21-25-29-32-34-35-36-37-39-41-45-48-52-56-60-64-77(82)90-70-75(96-79(84)66-62-58-54-50-46-42-38-33-30-26-22-18-14-10-6-2)72-94-98(87,88)92-68-73(80)67-91-97(85,86)93-71-74(95-78(83)65-61-57-53-49-43-28-24-20-16-12-8-4)69-89-76(81)63-59-55-51-47-44-40-31-27-23-19-15-11-7-3/h10,14,20-22,24-27,31-34,36-38,46,50,73-75,80H,5-9,11-13,15-19,23,28-30,35,39-45,47-49,51-72H2,1-4H3,(H,85,86)(H,87,88)/b14-10-,24-20-,25-21-,26-22-,31-27-,34-32-,37-36-,38-33-,50-46-. The minimum absolute atomic E-state index is 0.0381. The maximum Gasteiger partial charge on any atom is 0.472 e. The smallest absolute Gasteiger partial charge is 0.462 e. The number of aliphatic hydroxyl groups is 1. The number of carbonyl (C=O) groups is 4. The monoisotopic (exact) mass is 1420 g/mol. The Balaban J connectivity index is 5.37. The molecule has 0 amide bonds. The summed E-state index contributed by atoms with van der Waals surface area (Å²) < 4.78 is 68.4. The van der Waals surface area contributed by atoms with Crippen molar-refractivity contribution in [3.05, 3.63) is 109 Å². The number of phosphoric acid groups is 2. The molecule has 0 rings (SSSR count). The predicted octanol–water partition coefficient (Wildman–Crippen LogP) is 21.8. The molecule has 0 spiro atoms. The van der Waals surface area contributed by atoms with Crippen molar-refractivity contribution in [2.24, 2.45) is 0 Å². The molecule has 0 aliphatic carbocycles. The van der Waals surface area contributed by atoms with E-state index in [-0.39, 0.29) is 25.7 Å².